The molecule has 0 heterocycles. The van der Waals surface area contributed by atoms with Crippen LogP contribution in [-0.4, -0.2) is 20.9 Å². The first-order chi connectivity index (χ1) is 13.4. The van der Waals surface area contributed by atoms with Crippen LogP contribution in [0.15, 0.2) is 88.2 Å². The van der Waals surface area contributed by atoms with Crippen molar-refractivity contribution >= 4 is 43.2 Å². The largest absolute Gasteiger partial charge is 0.322 e. The summed E-state index contributed by atoms with van der Waals surface area (Å²) in [5.41, 5.74) is 0.302. The van der Waals surface area contributed by atoms with E-state index in [1.54, 1.807) is 48.5 Å². The molecule has 0 aliphatic carbocycles. The molecule has 0 spiro atoms. The molecule has 0 radical (unpaired) electrons. The van der Waals surface area contributed by atoms with Gasteiger partial charge in [-0.05, 0) is 48.5 Å². The quantitative estimate of drug-likeness (QED) is 0.589. The molecule has 0 aliphatic rings. The molecule has 0 aromatic heterocycles. The van der Waals surface area contributed by atoms with E-state index in [2.05, 4.69) is 21.2 Å². The van der Waals surface area contributed by atoms with E-state index in [-0.39, 0.29) is 10.6 Å². The lowest BCUT2D eigenvalue weighted by Gasteiger charge is -2.24. The van der Waals surface area contributed by atoms with Gasteiger partial charge in [-0.15, -0.1) is 0 Å². The molecule has 144 valence electrons. The number of carbonyl (C=O) groups excluding carboxylic acids is 1. The monoisotopic (exact) mass is 462 g/mol. The first kappa shape index (κ1) is 20.0. The van der Waals surface area contributed by atoms with Gasteiger partial charge in [-0.25, -0.2) is 12.8 Å². The van der Waals surface area contributed by atoms with Crippen molar-refractivity contribution in [3.05, 3.63) is 89.2 Å². The van der Waals surface area contributed by atoms with E-state index >= 15 is 0 Å². The molecule has 0 bridgehead atoms. The first-order valence-electron chi connectivity index (χ1n) is 8.25. The summed E-state index contributed by atoms with van der Waals surface area (Å²) in [6.45, 7) is -0.507. The molecule has 3 rings (SSSR count). The lowest BCUT2D eigenvalue weighted by Crippen LogP contribution is -2.38. The highest BCUT2D eigenvalue weighted by Gasteiger charge is 2.27. The number of hydrogen-bond donors (Lipinski definition) is 1. The summed E-state index contributed by atoms with van der Waals surface area (Å²) in [7, 11) is -4.00. The number of hydrogen-bond acceptors (Lipinski definition) is 3. The molecule has 0 fully saturated rings. The highest BCUT2D eigenvalue weighted by atomic mass is 79.9. The third-order valence-corrected chi connectivity index (χ3v) is 6.20. The number of halogens is 2. The lowest BCUT2D eigenvalue weighted by molar-refractivity contribution is -0.114. The average Bonchev–Trinajstić information content (AvgIpc) is 2.69. The lowest BCUT2D eigenvalue weighted by atomic mass is 10.3. The Balaban J connectivity index is 1.94. The highest BCUT2D eigenvalue weighted by molar-refractivity contribution is 9.10. The Morgan fingerprint density at radius 2 is 1.54 bits per heavy atom. The zero-order chi connectivity index (χ0) is 20.1. The number of nitrogens with zero attached hydrogens (tertiary/aromatic N) is 1. The number of sulfonamides is 1. The van der Waals surface area contributed by atoms with Crippen LogP contribution in [0.1, 0.15) is 0 Å². The summed E-state index contributed by atoms with van der Waals surface area (Å²) in [5.74, 6) is -1.26. The van der Waals surface area contributed by atoms with Crippen molar-refractivity contribution in [3.8, 4) is 0 Å². The molecule has 3 aromatic rings. The van der Waals surface area contributed by atoms with Gasteiger partial charge in [0.15, 0.2) is 0 Å². The summed E-state index contributed by atoms with van der Waals surface area (Å²) < 4.78 is 41.8. The Labute approximate surface area is 171 Å². The van der Waals surface area contributed by atoms with Crippen molar-refractivity contribution in [2.45, 2.75) is 4.90 Å². The van der Waals surface area contributed by atoms with Gasteiger partial charge >= 0.3 is 0 Å². The molecule has 3 aromatic carbocycles. The maximum atomic E-state index is 13.8. The van der Waals surface area contributed by atoms with Gasteiger partial charge < -0.3 is 5.32 Å². The molecule has 0 saturated heterocycles. The summed E-state index contributed by atoms with van der Waals surface area (Å²) in [5, 5.41) is 2.42. The summed E-state index contributed by atoms with van der Waals surface area (Å²) in [6, 6.07) is 20.0. The van der Waals surface area contributed by atoms with E-state index in [1.807, 2.05) is 0 Å². The molecule has 0 aliphatic heterocycles. The van der Waals surface area contributed by atoms with Crippen LogP contribution in [0, 0.1) is 5.82 Å². The van der Waals surface area contributed by atoms with Gasteiger partial charge in [-0.1, -0.05) is 46.3 Å². The Morgan fingerprint density at radius 3 is 2.18 bits per heavy atom. The maximum Gasteiger partial charge on any atom is 0.264 e. The van der Waals surface area contributed by atoms with Gasteiger partial charge in [0.25, 0.3) is 10.0 Å². The number of para-hydroxylation sites is 1. The maximum absolute atomic E-state index is 13.8. The number of anilines is 2. The van der Waals surface area contributed by atoms with E-state index in [0.29, 0.717) is 5.69 Å². The highest BCUT2D eigenvalue weighted by Crippen LogP contribution is 2.25. The normalized spacial score (nSPS) is 11.1. The van der Waals surface area contributed by atoms with Crippen LogP contribution >= 0.6 is 15.9 Å². The summed E-state index contributed by atoms with van der Waals surface area (Å²) >= 11 is 3.30. The predicted octanol–water partition coefficient (Wildman–Crippen LogP) is 4.42. The second-order valence-corrected chi connectivity index (χ2v) is 8.61. The number of amides is 1. The topological polar surface area (TPSA) is 66.5 Å². The Bertz CT molecular complexity index is 1070. The molecule has 0 saturated carbocycles. The predicted molar refractivity (Wildman–Crippen MR) is 110 cm³/mol. The molecule has 0 unspecified atom stereocenters. The first-order valence-corrected chi connectivity index (χ1v) is 10.5. The molecular weight excluding hydrogens is 447 g/mol. The molecule has 0 atom stereocenters. The van der Waals surface area contributed by atoms with Gasteiger partial charge in [0.1, 0.15) is 12.4 Å². The minimum Gasteiger partial charge on any atom is -0.322 e. The Hall–Kier alpha value is -2.71. The SMILES string of the molecule is O=C(CN(c1ccc(Br)cc1)S(=O)(=O)c1ccccc1)Nc1ccccc1F. The van der Waals surface area contributed by atoms with Crippen LogP contribution in [0.4, 0.5) is 15.8 Å². The van der Waals surface area contributed by atoms with Gasteiger partial charge in [0.05, 0.1) is 16.3 Å². The Kier molecular flexibility index (Phi) is 6.11. The van der Waals surface area contributed by atoms with Gasteiger partial charge in [-0.3, -0.25) is 9.10 Å². The molecule has 8 heteroatoms. The average molecular weight is 463 g/mol. The third-order valence-electron chi connectivity index (χ3n) is 3.88. The van der Waals surface area contributed by atoms with Gasteiger partial charge in [0.2, 0.25) is 5.91 Å². The van der Waals surface area contributed by atoms with Crippen molar-refractivity contribution in [2.75, 3.05) is 16.2 Å². The van der Waals surface area contributed by atoms with Crippen molar-refractivity contribution in [1.82, 2.24) is 0 Å². The summed E-state index contributed by atoms with van der Waals surface area (Å²) in [6.07, 6.45) is 0. The number of carbonyl (C=O) groups is 1. The van der Waals surface area contributed by atoms with Crippen molar-refractivity contribution in [1.29, 1.82) is 0 Å². The number of benzene rings is 3. The smallest absolute Gasteiger partial charge is 0.264 e. The van der Waals surface area contributed by atoms with Crippen LogP contribution in [0.25, 0.3) is 0 Å². The van der Waals surface area contributed by atoms with E-state index in [9.17, 15) is 17.6 Å². The minimum atomic E-state index is -4.00. The van der Waals surface area contributed by atoms with Crippen molar-refractivity contribution in [2.24, 2.45) is 0 Å². The second kappa shape index (κ2) is 8.53. The van der Waals surface area contributed by atoms with Crippen LogP contribution in [0.2, 0.25) is 0 Å². The number of nitrogens with one attached hydrogen (secondary N) is 1. The second-order valence-electron chi connectivity index (χ2n) is 5.83. The van der Waals surface area contributed by atoms with Crippen LogP contribution in [0.3, 0.4) is 0 Å². The van der Waals surface area contributed by atoms with E-state index in [4.69, 9.17) is 0 Å². The minimum absolute atomic E-state index is 0.0136. The van der Waals surface area contributed by atoms with Crippen molar-refractivity contribution in [3.63, 3.8) is 0 Å². The third kappa shape index (κ3) is 4.58. The number of rotatable bonds is 6. The standard InChI is InChI=1S/C20H16BrFN2O3S/c21-15-10-12-16(13-11-15)24(28(26,27)17-6-2-1-3-7-17)14-20(25)23-19-9-5-4-8-18(19)22/h1-13H,14H2,(H,23,25). The fourth-order valence-corrected chi connectivity index (χ4v) is 4.23. The van der Waals surface area contributed by atoms with E-state index in [0.717, 1.165) is 8.78 Å². The fourth-order valence-electron chi connectivity index (χ4n) is 2.52. The molecule has 1 amide bonds. The molecule has 28 heavy (non-hydrogen) atoms. The fraction of sp³-hybridized carbons (Fsp3) is 0.0500. The summed E-state index contributed by atoms with van der Waals surface area (Å²) in [4.78, 5) is 12.6. The van der Waals surface area contributed by atoms with E-state index in [1.165, 1.54) is 30.3 Å². The van der Waals surface area contributed by atoms with Crippen LogP contribution < -0.4 is 9.62 Å². The van der Waals surface area contributed by atoms with Crippen LogP contribution in [0.5, 0.6) is 0 Å². The Morgan fingerprint density at radius 1 is 0.929 bits per heavy atom. The van der Waals surface area contributed by atoms with Gasteiger partial charge in [0, 0.05) is 4.47 Å². The van der Waals surface area contributed by atoms with E-state index < -0.39 is 28.3 Å². The molecule has 1 N–H and O–H groups in total. The molecular formula is C20H16BrFN2O3S. The molecule has 5 nitrogen and oxygen atoms in total. The van der Waals surface area contributed by atoms with Gasteiger partial charge in [-0.2, -0.15) is 0 Å². The zero-order valence-corrected chi connectivity index (χ0v) is 17.0. The van der Waals surface area contributed by atoms with Crippen LogP contribution in [-0.2, 0) is 14.8 Å². The zero-order valence-electron chi connectivity index (χ0n) is 14.5. The van der Waals surface area contributed by atoms with Crippen molar-refractivity contribution < 1.29 is 17.6 Å².